The lowest BCUT2D eigenvalue weighted by molar-refractivity contribution is -0.131. The Labute approximate surface area is 193 Å². The molecule has 174 valence electrons. The molecule has 2 saturated heterocycles. The number of likely N-dealkylation sites (tertiary alicyclic amines) is 2. The van der Waals surface area contributed by atoms with Crippen molar-refractivity contribution in [3.63, 3.8) is 0 Å². The Kier molecular flexibility index (Phi) is 6.01. The molecule has 0 saturated carbocycles. The first-order valence-corrected chi connectivity index (χ1v) is 12.1. The third-order valence-corrected chi connectivity index (χ3v) is 7.16. The molecule has 33 heavy (non-hydrogen) atoms. The van der Waals surface area contributed by atoms with Gasteiger partial charge in [-0.1, -0.05) is 6.07 Å². The van der Waals surface area contributed by atoms with Crippen molar-refractivity contribution < 1.29 is 4.79 Å². The normalized spacial score (nSPS) is 20.2. The van der Waals surface area contributed by atoms with Gasteiger partial charge in [-0.05, 0) is 64.8 Å². The second-order valence-corrected chi connectivity index (χ2v) is 9.57. The number of amides is 1. The van der Waals surface area contributed by atoms with E-state index in [1.54, 1.807) is 12.3 Å². The van der Waals surface area contributed by atoms with E-state index in [9.17, 15) is 9.59 Å². The van der Waals surface area contributed by atoms with Crippen LogP contribution in [0.15, 0.2) is 41.3 Å². The van der Waals surface area contributed by atoms with Crippen LogP contribution in [-0.2, 0) is 11.2 Å². The topological polar surface area (TPSA) is 86.6 Å². The van der Waals surface area contributed by atoms with Gasteiger partial charge in [0.25, 0.3) is 5.56 Å². The number of nitrogens with zero attached hydrogens (tertiary/aromatic N) is 5. The second kappa shape index (κ2) is 9.09. The molecule has 8 nitrogen and oxygen atoms in total. The number of H-pyrrole nitrogens is 1. The van der Waals surface area contributed by atoms with Gasteiger partial charge in [0.2, 0.25) is 5.91 Å². The van der Waals surface area contributed by atoms with E-state index in [1.807, 2.05) is 29.2 Å². The molecule has 1 unspecified atom stereocenters. The molecule has 0 radical (unpaired) electrons. The molecule has 2 fully saturated rings. The van der Waals surface area contributed by atoms with Crippen molar-refractivity contribution in [3.8, 4) is 0 Å². The van der Waals surface area contributed by atoms with E-state index < -0.39 is 0 Å². The van der Waals surface area contributed by atoms with Crippen molar-refractivity contribution in [2.45, 2.75) is 64.0 Å². The monoisotopic (exact) mass is 448 g/mol. The molecule has 0 bridgehead atoms. The minimum atomic E-state index is -0.0862. The van der Waals surface area contributed by atoms with E-state index in [0.717, 1.165) is 55.9 Å². The van der Waals surface area contributed by atoms with Crippen LogP contribution in [0.1, 0.15) is 68.6 Å². The first-order chi connectivity index (χ1) is 16.0. The lowest BCUT2D eigenvalue weighted by atomic mass is 9.92. The summed E-state index contributed by atoms with van der Waals surface area (Å²) in [6.45, 7) is 7.25. The summed E-state index contributed by atoms with van der Waals surface area (Å²) >= 11 is 0. The number of nitrogens with one attached hydrogen (secondary N) is 1. The van der Waals surface area contributed by atoms with Crippen LogP contribution in [0.3, 0.4) is 0 Å². The van der Waals surface area contributed by atoms with Gasteiger partial charge in [0.05, 0.1) is 23.9 Å². The zero-order chi connectivity index (χ0) is 22.9. The van der Waals surface area contributed by atoms with Crippen LogP contribution in [0.4, 0.5) is 0 Å². The molecule has 5 rings (SSSR count). The summed E-state index contributed by atoms with van der Waals surface area (Å²) in [4.78, 5) is 39.4. The summed E-state index contributed by atoms with van der Waals surface area (Å²) in [6, 6.07) is 9.74. The summed E-state index contributed by atoms with van der Waals surface area (Å²) in [5.74, 6) is 0.381. The van der Waals surface area contributed by atoms with Gasteiger partial charge in [0, 0.05) is 42.5 Å². The summed E-state index contributed by atoms with van der Waals surface area (Å²) in [5, 5.41) is 3.23. The van der Waals surface area contributed by atoms with Crippen molar-refractivity contribution in [3.05, 3.63) is 64.0 Å². The fraction of sp³-hybridized carbons (Fsp3) is 0.520. The highest BCUT2D eigenvalue weighted by molar-refractivity contribution is 5.79. The highest BCUT2D eigenvalue weighted by Gasteiger charge is 2.32. The third-order valence-electron chi connectivity index (χ3n) is 7.16. The quantitative estimate of drug-likeness (QED) is 0.649. The number of carbonyl (C=O) groups is 1. The first-order valence-electron chi connectivity index (χ1n) is 12.1. The van der Waals surface area contributed by atoms with Crippen molar-refractivity contribution in [1.82, 2.24) is 29.4 Å². The maximum atomic E-state index is 13.0. The molecule has 5 heterocycles. The molecule has 1 amide bonds. The Morgan fingerprint density at radius 2 is 1.97 bits per heavy atom. The zero-order valence-electron chi connectivity index (χ0n) is 19.4. The number of piperidine rings is 1. The van der Waals surface area contributed by atoms with Crippen molar-refractivity contribution in [2.24, 2.45) is 0 Å². The summed E-state index contributed by atoms with van der Waals surface area (Å²) in [7, 11) is 0. The Morgan fingerprint density at radius 3 is 2.70 bits per heavy atom. The molecule has 3 aromatic rings. The number of rotatable bonds is 5. The molecular formula is C25H32N6O2. The number of hydrogen-bond acceptors (Lipinski definition) is 5. The Morgan fingerprint density at radius 1 is 1.15 bits per heavy atom. The second-order valence-electron chi connectivity index (χ2n) is 9.57. The number of hydrogen-bond donors (Lipinski definition) is 1. The van der Waals surface area contributed by atoms with Gasteiger partial charge < -0.3 is 9.80 Å². The fourth-order valence-corrected chi connectivity index (χ4v) is 5.27. The standard InChI is InChI=1S/C25H32N6O2/c1-17(2)29-12-8-18(9-13-29)20-16-25(33)31-23(27-20)15-21(28-31)22-7-5-11-30(22)24(32)14-19-6-3-4-10-26-19/h3-4,6,10,15-18,22,28H,5,7-9,11-14H2,1-2H3. The average molecular weight is 449 g/mol. The van der Waals surface area contributed by atoms with Gasteiger partial charge in [0.1, 0.15) is 0 Å². The minimum Gasteiger partial charge on any atom is -0.334 e. The fourth-order valence-electron chi connectivity index (χ4n) is 5.27. The van der Waals surface area contributed by atoms with Crippen LogP contribution in [0.5, 0.6) is 0 Å². The van der Waals surface area contributed by atoms with Crippen molar-refractivity contribution in [2.75, 3.05) is 19.6 Å². The predicted molar refractivity (Wildman–Crippen MR) is 126 cm³/mol. The van der Waals surface area contributed by atoms with E-state index >= 15 is 0 Å². The van der Waals surface area contributed by atoms with E-state index in [2.05, 4.69) is 28.8 Å². The predicted octanol–water partition coefficient (Wildman–Crippen LogP) is 2.91. The number of aromatic nitrogens is 4. The van der Waals surface area contributed by atoms with Gasteiger partial charge in [-0.2, -0.15) is 0 Å². The lowest BCUT2D eigenvalue weighted by Crippen LogP contribution is -2.38. The van der Waals surface area contributed by atoms with Crippen LogP contribution < -0.4 is 5.56 Å². The highest BCUT2D eigenvalue weighted by atomic mass is 16.2. The van der Waals surface area contributed by atoms with E-state index in [4.69, 9.17) is 4.98 Å². The number of pyridine rings is 1. The first kappa shape index (κ1) is 21.8. The van der Waals surface area contributed by atoms with E-state index in [-0.39, 0.29) is 23.9 Å². The molecule has 3 aromatic heterocycles. The minimum absolute atomic E-state index is 0.0627. The maximum absolute atomic E-state index is 13.0. The van der Waals surface area contributed by atoms with Crippen LogP contribution in [0, 0.1) is 0 Å². The average Bonchev–Trinajstić information content (AvgIpc) is 3.47. The van der Waals surface area contributed by atoms with Crippen molar-refractivity contribution in [1.29, 1.82) is 0 Å². The van der Waals surface area contributed by atoms with Gasteiger partial charge in [-0.25, -0.2) is 9.50 Å². The van der Waals surface area contributed by atoms with Crippen molar-refractivity contribution >= 4 is 11.6 Å². The van der Waals surface area contributed by atoms with Crippen LogP contribution in [0.2, 0.25) is 0 Å². The highest BCUT2D eigenvalue weighted by Crippen LogP contribution is 2.32. The van der Waals surface area contributed by atoms with Gasteiger partial charge >= 0.3 is 0 Å². The molecule has 0 aromatic carbocycles. The Hall–Kier alpha value is -3.00. The number of carbonyl (C=O) groups excluding carboxylic acids is 1. The van der Waals surface area contributed by atoms with Gasteiger partial charge in [-0.3, -0.25) is 19.7 Å². The van der Waals surface area contributed by atoms with Crippen LogP contribution in [-0.4, -0.2) is 61.0 Å². The Balaban J connectivity index is 1.36. The molecule has 1 N–H and O–H groups in total. The molecule has 1 atom stereocenters. The third kappa shape index (κ3) is 4.44. The van der Waals surface area contributed by atoms with Gasteiger partial charge in [-0.15, -0.1) is 0 Å². The molecule has 0 aliphatic carbocycles. The molecule has 0 spiro atoms. The molecule has 2 aliphatic rings. The zero-order valence-corrected chi connectivity index (χ0v) is 19.4. The molecule has 2 aliphatic heterocycles. The van der Waals surface area contributed by atoms with Crippen LogP contribution in [0.25, 0.3) is 5.65 Å². The SMILES string of the molecule is CC(C)N1CCC(c2cc(=O)n3[nH]c(C4CCCN4C(=O)Cc4ccccn4)cc3n2)CC1. The largest absolute Gasteiger partial charge is 0.334 e. The summed E-state index contributed by atoms with van der Waals surface area (Å²) in [5.41, 5.74) is 3.09. The van der Waals surface area contributed by atoms with Gasteiger partial charge in [0.15, 0.2) is 5.65 Å². The van der Waals surface area contributed by atoms with E-state index in [0.29, 0.717) is 24.2 Å². The van der Waals surface area contributed by atoms with E-state index in [1.165, 1.54) is 4.52 Å². The molecule has 8 heteroatoms. The maximum Gasteiger partial charge on any atom is 0.272 e. The summed E-state index contributed by atoms with van der Waals surface area (Å²) in [6.07, 6.45) is 5.86. The Bertz CT molecular complexity index is 1180. The number of fused-ring (bicyclic) bond motifs is 1. The van der Waals surface area contributed by atoms with Crippen LogP contribution >= 0.6 is 0 Å². The summed E-state index contributed by atoms with van der Waals surface area (Å²) < 4.78 is 1.52. The molecular weight excluding hydrogens is 416 g/mol. The lowest BCUT2D eigenvalue weighted by Gasteiger charge is -2.34. The number of aromatic amines is 1. The smallest absolute Gasteiger partial charge is 0.272 e.